The third-order valence-electron chi connectivity index (χ3n) is 4.38. The summed E-state index contributed by atoms with van der Waals surface area (Å²) >= 11 is 0. The fraction of sp³-hybridized carbons (Fsp3) is 0.833. The van der Waals surface area contributed by atoms with Gasteiger partial charge in [-0.25, -0.2) is 4.79 Å². The minimum absolute atomic E-state index is 0.108. The molecule has 0 aliphatic carbocycles. The summed E-state index contributed by atoms with van der Waals surface area (Å²) in [6, 6.07) is 0. The molecule has 154 valence electrons. The van der Waals surface area contributed by atoms with Gasteiger partial charge in [-0.1, -0.05) is 0 Å². The van der Waals surface area contributed by atoms with E-state index in [1.807, 2.05) is 25.7 Å². The lowest BCUT2D eigenvalue weighted by Gasteiger charge is -2.37. The van der Waals surface area contributed by atoms with Gasteiger partial charge in [-0.3, -0.25) is 9.79 Å². The molecular weight excluding hydrogens is 350 g/mol. The van der Waals surface area contributed by atoms with Gasteiger partial charge in [0.1, 0.15) is 11.7 Å². The molecule has 9 nitrogen and oxygen atoms in total. The molecule has 1 unspecified atom stereocenters. The molecule has 2 aliphatic rings. The summed E-state index contributed by atoms with van der Waals surface area (Å²) in [6.07, 6.45) is 1.10. The van der Waals surface area contributed by atoms with Crippen LogP contribution in [0, 0.1) is 0 Å². The minimum atomic E-state index is -0.506. The molecule has 9 heteroatoms. The van der Waals surface area contributed by atoms with Crippen LogP contribution in [-0.2, 0) is 14.3 Å². The third kappa shape index (κ3) is 6.89. The zero-order valence-electron chi connectivity index (χ0n) is 16.9. The summed E-state index contributed by atoms with van der Waals surface area (Å²) in [4.78, 5) is 32.3. The average Bonchev–Trinajstić information content (AvgIpc) is 3.14. The molecular formula is C18H33N5O4. The summed E-state index contributed by atoms with van der Waals surface area (Å²) in [5.74, 6) is 0.877. The van der Waals surface area contributed by atoms with Crippen molar-refractivity contribution in [3.63, 3.8) is 0 Å². The second kappa shape index (κ2) is 9.77. The Hall–Kier alpha value is -2.03. The molecule has 2 aliphatic heterocycles. The maximum atomic E-state index is 12.4. The van der Waals surface area contributed by atoms with Gasteiger partial charge in [0.05, 0.1) is 0 Å². The number of piperazine rings is 1. The van der Waals surface area contributed by atoms with Gasteiger partial charge in [0, 0.05) is 52.9 Å². The van der Waals surface area contributed by atoms with Gasteiger partial charge in [0.2, 0.25) is 0 Å². The first-order valence-corrected chi connectivity index (χ1v) is 9.63. The lowest BCUT2D eigenvalue weighted by Crippen LogP contribution is -2.55. The highest BCUT2D eigenvalue weighted by Crippen LogP contribution is 2.16. The van der Waals surface area contributed by atoms with Crippen LogP contribution < -0.4 is 10.6 Å². The highest BCUT2D eigenvalue weighted by atomic mass is 16.6. The molecule has 0 aromatic rings. The zero-order chi connectivity index (χ0) is 19.9. The van der Waals surface area contributed by atoms with E-state index < -0.39 is 11.7 Å². The predicted octanol–water partition coefficient (Wildman–Crippen LogP) is 0.410. The predicted molar refractivity (Wildman–Crippen MR) is 103 cm³/mol. The second-order valence-electron chi connectivity index (χ2n) is 7.72. The average molecular weight is 383 g/mol. The van der Waals surface area contributed by atoms with Crippen molar-refractivity contribution in [2.75, 3.05) is 52.9 Å². The number of carbonyl (C=O) groups is 2. The Kier molecular flexibility index (Phi) is 7.70. The first kappa shape index (κ1) is 21.3. The SMILES string of the molecule is CN=C(NCCNC(=O)OC(C)(C)C)N1CCN(C(=O)C2CCCO2)CC1. The lowest BCUT2D eigenvalue weighted by molar-refractivity contribution is -0.142. The van der Waals surface area contributed by atoms with Crippen LogP contribution in [0.15, 0.2) is 4.99 Å². The van der Waals surface area contributed by atoms with Crippen molar-refractivity contribution in [2.45, 2.75) is 45.3 Å². The highest BCUT2D eigenvalue weighted by molar-refractivity contribution is 5.82. The molecule has 0 aromatic heterocycles. The maximum absolute atomic E-state index is 12.4. The Labute approximate surface area is 161 Å². The number of guanidine groups is 1. The third-order valence-corrected chi connectivity index (χ3v) is 4.38. The van der Waals surface area contributed by atoms with E-state index in [9.17, 15) is 9.59 Å². The van der Waals surface area contributed by atoms with Crippen LogP contribution in [0.3, 0.4) is 0 Å². The Morgan fingerprint density at radius 2 is 1.74 bits per heavy atom. The molecule has 2 saturated heterocycles. The number of carbonyl (C=O) groups excluding carboxylic acids is 2. The maximum Gasteiger partial charge on any atom is 0.407 e. The molecule has 27 heavy (non-hydrogen) atoms. The first-order chi connectivity index (χ1) is 12.8. The van der Waals surface area contributed by atoms with Crippen molar-refractivity contribution >= 4 is 18.0 Å². The first-order valence-electron chi connectivity index (χ1n) is 9.63. The van der Waals surface area contributed by atoms with E-state index >= 15 is 0 Å². The smallest absolute Gasteiger partial charge is 0.407 e. The highest BCUT2D eigenvalue weighted by Gasteiger charge is 2.30. The van der Waals surface area contributed by atoms with Crippen LogP contribution in [0.25, 0.3) is 0 Å². The number of hydrogen-bond donors (Lipinski definition) is 2. The Morgan fingerprint density at radius 1 is 1.11 bits per heavy atom. The Balaban J connectivity index is 1.68. The van der Waals surface area contributed by atoms with Crippen LogP contribution in [0.2, 0.25) is 0 Å². The summed E-state index contributed by atoms with van der Waals surface area (Å²) in [6.45, 7) is 9.92. The molecule has 2 N–H and O–H groups in total. The largest absolute Gasteiger partial charge is 0.444 e. The molecule has 2 amide bonds. The van der Waals surface area contributed by atoms with Gasteiger partial charge in [0.25, 0.3) is 5.91 Å². The van der Waals surface area contributed by atoms with Crippen LogP contribution in [0.4, 0.5) is 4.79 Å². The summed E-state index contributed by atoms with van der Waals surface area (Å²) in [7, 11) is 1.73. The van der Waals surface area contributed by atoms with Gasteiger partial charge in [-0.05, 0) is 33.6 Å². The van der Waals surface area contributed by atoms with Crippen molar-refractivity contribution in [1.82, 2.24) is 20.4 Å². The van der Waals surface area contributed by atoms with Gasteiger partial charge >= 0.3 is 6.09 Å². The number of nitrogens with zero attached hydrogens (tertiary/aromatic N) is 3. The number of rotatable bonds is 4. The molecule has 0 spiro atoms. The van der Waals surface area contributed by atoms with Gasteiger partial charge in [-0.2, -0.15) is 0 Å². The Bertz CT molecular complexity index is 532. The number of ether oxygens (including phenoxy) is 2. The van der Waals surface area contributed by atoms with Crippen LogP contribution in [0.5, 0.6) is 0 Å². The Morgan fingerprint density at radius 3 is 2.30 bits per heavy atom. The fourth-order valence-corrected chi connectivity index (χ4v) is 3.10. The second-order valence-corrected chi connectivity index (χ2v) is 7.72. The monoisotopic (exact) mass is 383 g/mol. The number of nitrogens with one attached hydrogen (secondary N) is 2. The summed E-state index contributed by atoms with van der Waals surface area (Å²) in [5.41, 5.74) is -0.506. The molecule has 0 radical (unpaired) electrons. The van der Waals surface area contributed by atoms with Crippen LogP contribution >= 0.6 is 0 Å². The van der Waals surface area contributed by atoms with E-state index in [0.29, 0.717) is 32.8 Å². The number of hydrogen-bond acceptors (Lipinski definition) is 5. The topological polar surface area (TPSA) is 95.5 Å². The fourth-order valence-electron chi connectivity index (χ4n) is 3.10. The normalized spacial score (nSPS) is 21.2. The summed E-state index contributed by atoms with van der Waals surface area (Å²) in [5, 5.41) is 5.94. The minimum Gasteiger partial charge on any atom is -0.444 e. The quantitative estimate of drug-likeness (QED) is 0.415. The molecule has 2 fully saturated rings. The number of amides is 2. The van der Waals surface area contributed by atoms with Crippen LogP contribution in [-0.4, -0.2) is 92.4 Å². The van der Waals surface area contributed by atoms with Gasteiger partial charge in [-0.15, -0.1) is 0 Å². The number of aliphatic imine (C=N–C) groups is 1. The zero-order valence-corrected chi connectivity index (χ0v) is 16.9. The van der Waals surface area contributed by atoms with Gasteiger partial charge < -0.3 is 29.9 Å². The molecule has 0 bridgehead atoms. The van der Waals surface area contributed by atoms with E-state index in [-0.39, 0.29) is 12.0 Å². The standard InChI is InChI=1S/C18H33N5O4/c1-18(2,3)27-17(25)21-8-7-20-16(19-4)23-11-9-22(10-12-23)15(24)14-6-5-13-26-14/h14H,5-13H2,1-4H3,(H,19,20)(H,21,25). The van der Waals surface area contributed by atoms with E-state index in [1.165, 1.54) is 0 Å². The van der Waals surface area contributed by atoms with E-state index in [1.54, 1.807) is 7.05 Å². The van der Waals surface area contributed by atoms with Gasteiger partial charge in [0.15, 0.2) is 5.96 Å². The van der Waals surface area contributed by atoms with E-state index in [2.05, 4.69) is 20.5 Å². The molecule has 1 atom stereocenters. The molecule has 2 rings (SSSR count). The summed E-state index contributed by atoms with van der Waals surface area (Å²) < 4.78 is 10.7. The van der Waals surface area contributed by atoms with Crippen molar-refractivity contribution in [2.24, 2.45) is 4.99 Å². The molecule has 0 aromatic carbocycles. The van der Waals surface area contributed by atoms with Crippen molar-refractivity contribution in [3.05, 3.63) is 0 Å². The van der Waals surface area contributed by atoms with Crippen molar-refractivity contribution in [3.8, 4) is 0 Å². The lowest BCUT2D eigenvalue weighted by atomic mass is 10.2. The number of alkyl carbamates (subject to hydrolysis) is 1. The van der Waals surface area contributed by atoms with Crippen molar-refractivity contribution in [1.29, 1.82) is 0 Å². The molecule has 2 heterocycles. The van der Waals surface area contributed by atoms with E-state index in [4.69, 9.17) is 9.47 Å². The van der Waals surface area contributed by atoms with Crippen molar-refractivity contribution < 1.29 is 19.1 Å². The molecule has 0 saturated carbocycles. The van der Waals surface area contributed by atoms with E-state index in [0.717, 1.165) is 31.9 Å². The van der Waals surface area contributed by atoms with Crippen LogP contribution in [0.1, 0.15) is 33.6 Å².